The quantitative estimate of drug-likeness (QED) is 0.603. The summed E-state index contributed by atoms with van der Waals surface area (Å²) in [5.41, 5.74) is 6.72. The molecule has 3 N–H and O–H groups in total. The maximum atomic E-state index is 9.15. The number of hydrogen-bond acceptors (Lipinski definition) is 3. The first-order valence-corrected chi connectivity index (χ1v) is 4.00. The molecule has 0 spiro atoms. The molecule has 3 heteroatoms. The number of nitrogens with two attached hydrogens (primary N) is 1. The van der Waals surface area contributed by atoms with E-state index in [2.05, 4.69) is 0 Å². The van der Waals surface area contributed by atoms with Gasteiger partial charge in [0.2, 0.25) is 0 Å². The van der Waals surface area contributed by atoms with Crippen LogP contribution in [0, 0.1) is 0 Å². The number of phenolic OH excluding ortho intramolecular Hbond substituents is 1. The number of ether oxygens (including phenoxy) is 1. The van der Waals surface area contributed by atoms with Crippen molar-refractivity contribution in [1.82, 2.24) is 0 Å². The van der Waals surface area contributed by atoms with Gasteiger partial charge in [0, 0.05) is 12.5 Å². The zero-order chi connectivity index (χ0) is 8.55. The smallest absolute Gasteiger partial charge is 0.148 e. The Morgan fingerprint density at radius 1 is 1.50 bits per heavy atom. The van der Waals surface area contributed by atoms with E-state index in [1.54, 1.807) is 12.1 Å². The molecule has 64 valence electrons. The first kappa shape index (κ1) is 7.43. The van der Waals surface area contributed by atoms with Gasteiger partial charge in [0.05, 0.1) is 0 Å². The van der Waals surface area contributed by atoms with E-state index in [1.165, 1.54) is 0 Å². The Balaban J connectivity index is 2.37. The van der Waals surface area contributed by atoms with Crippen molar-refractivity contribution in [2.45, 2.75) is 19.1 Å². The molecule has 12 heavy (non-hydrogen) atoms. The second-order valence-electron chi connectivity index (χ2n) is 2.99. The number of aromatic hydroxyl groups is 1. The Labute approximate surface area is 70.8 Å². The molecule has 1 aromatic rings. The van der Waals surface area contributed by atoms with E-state index in [1.807, 2.05) is 6.07 Å². The monoisotopic (exact) mass is 165 g/mol. The van der Waals surface area contributed by atoms with Crippen LogP contribution in [0.25, 0.3) is 0 Å². The van der Waals surface area contributed by atoms with Gasteiger partial charge in [-0.25, -0.2) is 0 Å². The van der Waals surface area contributed by atoms with Crippen molar-refractivity contribution in [2.75, 3.05) is 0 Å². The summed E-state index contributed by atoms with van der Waals surface area (Å²) in [6.45, 7) is 0. The third-order valence-corrected chi connectivity index (χ3v) is 2.03. The van der Waals surface area contributed by atoms with Gasteiger partial charge in [-0.2, -0.15) is 0 Å². The fourth-order valence-electron chi connectivity index (χ4n) is 1.38. The van der Waals surface area contributed by atoms with Crippen LogP contribution in [0.1, 0.15) is 12.0 Å². The van der Waals surface area contributed by atoms with Crippen LogP contribution in [0.3, 0.4) is 0 Å². The molecule has 0 aromatic heterocycles. The maximum Gasteiger partial charge on any atom is 0.148 e. The Morgan fingerprint density at radius 2 is 2.33 bits per heavy atom. The third kappa shape index (κ3) is 1.23. The first-order valence-electron chi connectivity index (χ1n) is 4.00. The lowest BCUT2D eigenvalue weighted by Gasteiger charge is -2.22. The lowest BCUT2D eigenvalue weighted by molar-refractivity contribution is 0.180. The SMILES string of the molecule is NC1CCc2ccc(O)cc2O1. The van der Waals surface area contributed by atoms with Gasteiger partial charge in [0.15, 0.2) is 0 Å². The maximum absolute atomic E-state index is 9.15. The van der Waals surface area contributed by atoms with Gasteiger partial charge < -0.3 is 9.84 Å². The molecule has 0 fully saturated rings. The average molecular weight is 165 g/mol. The van der Waals surface area contributed by atoms with Crippen molar-refractivity contribution in [3.63, 3.8) is 0 Å². The molecule has 2 rings (SSSR count). The lowest BCUT2D eigenvalue weighted by atomic mass is 10.1. The van der Waals surface area contributed by atoms with Gasteiger partial charge in [-0.05, 0) is 18.1 Å². The molecular weight excluding hydrogens is 154 g/mol. The second-order valence-corrected chi connectivity index (χ2v) is 2.99. The molecular formula is C9H11NO2. The molecule has 0 radical (unpaired) electrons. The van der Waals surface area contributed by atoms with Crippen LogP contribution in [-0.2, 0) is 6.42 Å². The van der Waals surface area contributed by atoms with E-state index in [-0.39, 0.29) is 12.0 Å². The van der Waals surface area contributed by atoms with E-state index < -0.39 is 0 Å². The second kappa shape index (κ2) is 2.68. The molecule has 3 nitrogen and oxygen atoms in total. The van der Waals surface area contributed by atoms with Gasteiger partial charge in [-0.1, -0.05) is 6.07 Å². The van der Waals surface area contributed by atoms with Crippen molar-refractivity contribution in [3.8, 4) is 11.5 Å². The van der Waals surface area contributed by atoms with E-state index in [9.17, 15) is 0 Å². The average Bonchev–Trinajstić information content (AvgIpc) is 2.03. The van der Waals surface area contributed by atoms with E-state index in [4.69, 9.17) is 15.6 Å². The van der Waals surface area contributed by atoms with Crippen LogP contribution >= 0.6 is 0 Å². The number of benzene rings is 1. The van der Waals surface area contributed by atoms with Crippen molar-refractivity contribution in [2.24, 2.45) is 5.73 Å². The van der Waals surface area contributed by atoms with Crippen LogP contribution < -0.4 is 10.5 Å². The van der Waals surface area contributed by atoms with Crippen LogP contribution in [0.2, 0.25) is 0 Å². The Hall–Kier alpha value is -1.22. The van der Waals surface area contributed by atoms with Crippen molar-refractivity contribution in [3.05, 3.63) is 23.8 Å². The van der Waals surface area contributed by atoms with Crippen LogP contribution in [0.4, 0.5) is 0 Å². The van der Waals surface area contributed by atoms with Crippen LogP contribution in [0.5, 0.6) is 11.5 Å². The standard InChI is InChI=1S/C9H11NO2/c10-9-4-2-6-1-3-7(11)5-8(6)12-9/h1,3,5,9,11H,2,4,10H2. The summed E-state index contributed by atoms with van der Waals surface area (Å²) in [7, 11) is 0. The highest BCUT2D eigenvalue weighted by Gasteiger charge is 2.15. The van der Waals surface area contributed by atoms with Crippen molar-refractivity contribution < 1.29 is 9.84 Å². The summed E-state index contributed by atoms with van der Waals surface area (Å²) >= 11 is 0. The minimum Gasteiger partial charge on any atom is -0.508 e. The Bertz CT molecular complexity index is 299. The number of aryl methyl sites for hydroxylation is 1. The zero-order valence-electron chi connectivity index (χ0n) is 6.66. The van der Waals surface area contributed by atoms with Gasteiger partial charge >= 0.3 is 0 Å². The van der Waals surface area contributed by atoms with Gasteiger partial charge in [-0.15, -0.1) is 0 Å². The summed E-state index contributed by atoms with van der Waals surface area (Å²) in [6.07, 6.45) is 1.55. The normalized spacial score (nSPS) is 21.2. The topological polar surface area (TPSA) is 55.5 Å². The fourth-order valence-corrected chi connectivity index (χ4v) is 1.38. The lowest BCUT2D eigenvalue weighted by Crippen LogP contribution is -2.30. The van der Waals surface area contributed by atoms with Crippen LogP contribution in [0.15, 0.2) is 18.2 Å². The third-order valence-electron chi connectivity index (χ3n) is 2.03. The van der Waals surface area contributed by atoms with Crippen LogP contribution in [-0.4, -0.2) is 11.3 Å². The van der Waals surface area contributed by atoms with E-state index in [0.29, 0.717) is 5.75 Å². The molecule has 0 amide bonds. The molecule has 1 atom stereocenters. The summed E-state index contributed by atoms with van der Waals surface area (Å²) in [5, 5.41) is 9.15. The molecule has 1 aliphatic heterocycles. The zero-order valence-corrected chi connectivity index (χ0v) is 6.66. The predicted molar refractivity (Wildman–Crippen MR) is 45.0 cm³/mol. The summed E-state index contributed by atoms with van der Waals surface area (Å²) in [6, 6.07) is 5.14. The molecule has 1 heterocycles. The van der Waals surface area contributed by atoms with Gasteiger partial charge in [0.1, 0.15) is 17.7 Å². The minimum absolute atomic E-state index is 0.223. The number of fused-ring (bicyclic) bond motifs is 1. The predicted octanol–water partition coefficient (Wildman–Crippen LogP) is 1.00. The molecule has 0 saturated heterocycles. The molecule has 0 saturated carbocycles. The van der Waals surface area contributed by atoms with Crippen molar-refractivity contribution in [1.29, 1.82) is 0 Å². The van der Waals surface area contributed by atoms with E-state index >= 15 is 0 Å². The minimum atomic E-state index is -0.223. The summed E-state index contributed by atoms with van der Waals surface area (Å²) in [4.78, 5) is 0. The molecule has 0 bridgehead atoms. The number of rotatable bonds is 0. The first-order chi connectivity index (χ1) is 5.75. The largest absolute Gasteiger partial charge is 0.508 e. The molecule has 1 aromatic carbocycles. The highest BCUT2D eigenvalue weighted by molar-refractivity contribution is 5.41. The highest BCUT2D eigenvalue weighted by Crippen LogP contribution is 2.29. The Morgan fingerprint density at radius 3 is 3.17 bits per heavy atom. The summed E-state index contributed by atoms with van der Waals surface area (Å²) < 4.78 is 5.33. The van der Waals surface area contributed by atoms with Gasteiger partial charge in [-0.3, -0.25) is 5.73 Å². The molecule has 1 unspecified atom stereocenters. The summed E-state index contributed by atoms with van der Waals surface area (Å²) in [5.74, 6) is 0.941. The van der Waals surface area contributed by atoms with Crippen molar-refractivity contribution >= 4 is 0 Å². The highest BCUT2D eigenvalue weighted by atomic mass is 16.5. The van der Waals surface area contributed by atoms with Gasteiger partial charge in [0.25, 0.3) is 0 Å². The van der Waals surface area contributed by atoms with E-state index in [0.717, 1.165) is 18.4 Å². The Kier molecular flexibility index (Phi) is 1.66. The fraction of sp³-hybridized carbons (Fsp3) is 0.333. The molecule has 1 aliphatic rings. The number of hydrogen-bond donors (Lipinski definition) is 2. The number of phenols is 1. The molecule has 0 aliphatic carbocycles.